The highest BCUT2D eigenvalue weighted by Crippen LogP contribution is 1.77. The molecule has 0 nitrogen and oxygen atoms in total. The van der Waals surface area contributed by atoms with Gasteiger partial charge in [0, 0.05) is 0 Å². The SMILES string of the molecule is CC=CP. The maximum absolute atomic E-state index is 2.47. The minimum absolute atomic E-state index is 1.92. The van der Waals surface area contributed by atoms with Gasteiger partial charge in [0.05, 0.1) is 0 Å². The molecule has 1 unspecified atom stereocenters. The first-order valence-corrected chi connectivity index (χ1v) is 1.91. The predicted octanol–water partition coefficient (Wildman–Crippen LogP) is 1.40. The summed E-state index contributed by atoms with van der Waals surface area (Å²) in [7, 11) is 2.47. The van der Waals surface area contributed by atoms with Crippen LogP contribution < -0.4 is 0 Å². The van der Waals surface area contributed by atoms with E-state index in [0.29, 0.717) is 0 Å². The molecule has 0 bridgehead atoms. The molecule has 0 amide bonds. The van der Waals surface area contributed by atoms with Gasteiger partial charge in [0.2, 0.25) is 0 Å². The van der Waals surface area contributed by atoms with Crippen molar-refractivity contribution in [1.29, 1.82) is 0 Å². The molecule has 0 aromatic carbocycles. The Hall–Kier alpha value is 0.170. The minimum atomic E-state index is 1.92. The highest BCUT2D eigenvalue weighted by molar-refractivity contribution is 7.20. The Balaban J connectivity index is 2.55. The van der Waals surface area contributed by atoms with Crippen molar-refractivity contribution >= 4 is 9.24 Å². The van der Waals surface area contributed by atoms with Gasteiger partial charge in [0.25, 0.3) is 0 Å². The van der Waals surface area contributed by atoms with Crippen molar-refractivity contribution in [2.24, 2.45) is 0 Å². The molecular formula is C3H7P. The molecule has 0 aromatic rings. The molecule has 0 aliphatic heterocycles. The van der Waals surface area contributed by atoms with Crippen LogP contribution in [-0.2, 0) is 0 Å². The van der Waals surface area contributed by atoms with Crippen molar-refractivity contribution < 1.29 is 0 Å². The molecule has 0 rings (SSSR count). The first-order chi connectivity index (χ1) is 1.91. The summed E-state index contributed by atoms with van der Waals surface area (Å²) < 4.78 is 0. The lowest BCUT2D eigenvalue weighted by Gasteiger charge is -1.49. The normalized spacial score (nSPS) is 9.50. The summed E-state index contributed by atoms with van der Waals surface area (Å²) in [5.41, 5.74) is 0. The Morgan fingerprint density at radius 2 is 2.00 bits per heavy atom. The summed E-state index contributed by atoms with van der Waals surface area (Å²) in [6, 6.07) is 0. The lowest BCUT2D eigenvalue weighted by molar-refractivity contribution is 1.79. The molecule has 0 aliphatic rings. The van der Waals surface area contributed by atoms with Gasteiger partial charge in [-0.2, -0.15) is 0 Å². The van der Waals surface area contributed by atoms with Gasteiger partial charge in [-0.05, 0) is 6.92 Å². The number of rotatable bonds is 0. The van der Waals surface area contributed by atoms with Crippen LogP contribution in [0.25, 0.3) is 0 Å². The largest absolute Gasteiger partial charge is 0.114 e. The van der Waals surface area contributed by atoms with E-state index in [4.69, 9.17) is 0 Å². The Kier molecular flexibility index (Phi) is 3.30. The van der Waals surface area contributed by atoms with Crippen LogP contribution in [0, 0.1) is 0 Å². The van der Waals surface area contributed by atoms with Gasteiger partial charge >= 0.3 is 0 Å². The van der Waals surface area contributed by atoms with Gasteiger partial charge in [-0.15, -0.1) is 9.24 Å². The summed E-state index contributed by atoms with van der Waals surface area (Å²) in [6.45, 7) is 1.98. The number of hydrogen-bond donors (Lipinski definition) is 0. The van der Waals surface area contributed by atoms with Crippen LogP contribution in [0.1, 0.15) is 6.92 Å². The standard InChI is InChI=1S/C3H7P/c1-2-3-4/h2-3H,4H2,1H3. The van der Waals surface area contributed by atoms with Crippen LogP contribution in [0.4, 0.5) is 0 Å². The van der Waals surface area contributed by atoms with E-state index in [0.717, 1.165) is 0 Å². The molecule has 0 aliphatic carbocycles. The summed E-state index contributed by atoms with van der Waals surface area (Å²) in [5.74, 6) is 1.92. The molecular weight excluding hydrogens is 67.0 g/mol. The van der Waals surface area contributed by atoms with E-state index < -0.39 is 0 Å². The summed E-state index contributed by atoms with van der Waals surface area (Å²) in [6.07, 6.45) is 1.96. The molecule has 0 saturated carbocycles. The van der Waals surface area contributed by atoms with Gasteiger partial charge in [-0.1, -0.05) is 11.9 Å². The first kappa shape index (κ1) is 4.17. The molecule has 0 radical (unpaired) electrons. The lowest BCUT2D eigenvalue weighted by atomic mass is 10.8. The second-order valence-electron chi connectivity index (χ2n) is 0.526. The van der Waals surface area contributed by atoms with Gasteiger partial charge in [0.15, 0.2) is 0 Å². The summed E-state index contributed by atoms with van der Waals surface area (Å²) in [5, 5.41) is 0. The maximum atomic E-state index is 2.47. The van der Waals surface area contributed by atoms with Crippen LogP contribution in [0.3, 0.4) is 0 Å². The third kappa shape index (κ3) is 2.17. The van der Waals surface area contributed by atoms with E-state index >= 15 is 0 Å². The van der Waals surface area contributed by atoms with E-state index in [1.165, 1.54) is 0 Å². The van der Waals surface area contributed by atoms with Crippen molar-refractivity contribution in [1.82, 2.24) is 0 Å². The van der Waals surface area contributed by atoms with Crippen LogP contribution in [0.5, 0.6) is 0 Å². The van der Waals surface area contributed by atoms with Gasteiger partial charge in [-0.25, -0.2) is 0 Å². The van der Waals surface area contributed by atoms with Crippen LogP contribution in [0.15, 0.2) is 11.9 Å². The van der Waals surface area contributed by atoms with E-state index in [2.05, 4.69) is 9.24 Å². The van der Waals surface area contributed by atoms with E-state index in [1.807, 2.05) is 18.8 Å². The Morgan fingerprint density at radius 3 is 2.00 bits per heavy atom. The molecule has 0 saturated heterocycles. The quantitative estimate of drug-likeness (QED) is 0.381. The average Bonchev–Trinajstić information content (AvgIpc) is 1.37. The van der Waals surface area contributed by atoms with Crippen molar-refractivity contribution in [3.63, 3.8) is 0 Å². The van der Waals surface area contributed by atoms with Crippen LogP contribution in [-0.4, -0.2) is 0 Å². The topological polar surface area (TPSA) is 0 Å². The summed E-state index contributed by atoms with van der Waals surface area (Å²) >= 11 is 0. The molecule has 0 heterocycles. The highest BCUT2D eigenvalue weighted by atomic mass is 31.0. The first-order valence-electron chi connectivity index (χ1n) is 1.24. The second kappa shape index (κ2) is 3.17. The van der Waals surface area contributed by atoms with Crippen LogP contribution >= 0.6 is 9.24 Å². The number of hydrogen-bond acceptors (Lipinski definition) is 0. The van der Waals surface area contributed by atoms with Gasteiger partial charge < -0.3 is 0 Å². The third-order valence-electron chi connectivity index (χ3n) is 0.192. The third-order valence-corrected chi connectivity index (χ3v) is 0.577. The van der Waals surface area contributed by atoms with Gasteiger partial charge in [-0.3, -0.25) is 0 Å². The molecule has 0 spiro atoms. The van der Waals surface area contributed by atoms with Crippen molar-refractivity contribution in [3.05, 3.63) is 11.9 Å². The maximum Gasteiger partial charge on any atom is -0.0467 e. The van der Waals surface area contributed by atoms with Crippen molar-refractivity contribution in [2.75, 3.05) is 0 Å². The van der Waals surface area contributed by atoms with Gasteiger partial charge in [0.1, 0.15) is 0 Å². The number of allylic oxidation sites excluding steroid dienone is 1. The van der Waals surface area contributed by atoms with E-state index in [-0.39, 0.29) is 0 Å². The van der Waals surface area contributed by atoms with E-state index in [1.54, 1.807) is 0 Å². The Bertz CT molecular complexity index is 18.5. The molecule has 0 fully saturated rings. The van der Waals surface area contributed by atoms with Crippen LogP contribution in [0.2, 0.25) is 0 Å². The fraction of sp³-hybridized carbons (Fsp3) is 0.333. The minimum Gasteiger partial charge on any atom is -0.114 e. The zero-order chi connectivity index (χ0) is 3.41. The van der Waals surface area contributed by atoms with E-state index in [9.17, 15) is 0 Å². The summed E-state index contributed by atoms with van der Waals surface area (Å²) in [4.78, 5) is 0. The zero-order valence-electron chi connectivity index (χ0n) is 2.73. The lowest BCUT2D eigenvalue weighted by Crippen LogP contribution is -1.18. The monoisotopic (exact) mass is 74.0 g/mol. The molecule has 0 N–H and O–H groups in total. The second-order valence-corrected chi connectivity index (χ2v) is 0.911. The van der Waals surface area contributed by atoms with Crippen molar-refractivity contribution in [2.45, 2.75) is 6.92 Å². The molecule has 1 heteroatoms. The molecule has 24 valence electrons. The van der Waals surface area contributed by atoms with Crippen molar-refractivity contribution in [3.8, 4) is 0 Å². The molecule has 0 aromatic heterocycles. The predicted molar refractivity (Wildman–Crippen MR) is 24.5 cm³/mol. The molecule has 4 heavy (non-hydrogen) atoms. The highest BCUT2D eigenvalue weighted by Gasteiger charge is 1.34. The zero-order valence-corrected chi connectivity index (χ0v) is 3.89. The molecule has 1 atom stereocenters. The Morgan fingerprint density at radius 1 is 1.75 bits per heavy atom. The Labute approximate surface area is 29.1 Å². The fourth-order valence-electron chi connectivity index (χ4n) is 0. The average molecular weight is 74.1 g/mol. The fourth-order valence-corrected chi connectivity index (χ4v) is 0. The smallest absolute Gasteiger partial charge is 0.0467 e.